The Kier molecular flexibility index (Phi) is 1.77. The first kappa shape index (κ1) is 8.30. The molecule has 2 aromatic rings. The Balaban J connectivity index is 2.05. The van der Waals surface area contributed by atoms with E-state index in [1.54, 1.807) is 0 Å². The number of nitrogens with one attached hydrogen (secondary N) is 1. The van der Waals surface area contributed by atoms with E-state index >= 15 is 0 Å². The van der Waals surface area contributed by atoms with Gasteiger partial charge in [0.1, 0.15) is 11.3 Å². The second kappa shape index (κ2) is 2.99. The average Bonchev–Trinajstić information content (AvgIpc) is 2.84. The Morgan fingerprint density at radius 2 is 2.29 bits per heavy atom. The maximum absolute atomic E-state index is 6.04. The van der Waals surface area contributed by atoms with Crippen LogP contribution in [0.2, 0.25) is 5.02 Å². The standard InChI is InChI=1S/C11H11ClN2/c12-8-2-1-3-9-11(8)14-10(13-9)6-7-4-5-7/h1-3,7H,4-6H2,(H,13,14). The van der Waals surface area contributed by atoms with Crippen LogP contribution in [0.5, 0.6) is 0 Å². The van der Waals surface area contributed by atoms with Crippen molar-refractivity contribution in [1.82, 2.24) is 9.97 Å². The van der Waals surface area contributed by atoms with Crippen LogP contribution in [0.25, 0.3) is 11.0 Å². The highest BCUT2D eigenvalue weighted by atomic mass is 35.5. The van der Waals surface area contributed by atoms with E-state index in [2.05, 4.69) is 9.97 Å². The van der Waals surface area contributed by atoms with Crippen LogP contribution in [0.4, 0.5) is 0 Å². The van der Waals surface area contributed by atoms with Gasteiger partial charge in [0, 0.05) is 6.42 Å². The van der Waals surface area contributed by atoms with Crippen molar-refractivity contribution in [1.29, 1.82) is 0 Å². The molecule has 0 unspecified atom stereocenters. The van der Waals surface area contributed by atoms with E-state index in [-0.39, 0.29) is 0 Å². The fourth-order valence-corrected chi connectivity index (χ4v) is 1.96. The zero-order chi connectivity index (χ0) is 9.54. The maximum Gasteiger partial charge on any atom is 0.107 e. The molecule has 0 spiro atoms. The molecular weight excluding hydrogens is 196 g/mol. The van der Waals surface area contributed by atoms with E-state index in [1.165, 1.54) is 12.8 Å². The Morgan fingerprint density at radius 1 is 1.43 bits per heavy atom. The number of hydrogen-bond donors (Lipinski definition) is 1. The summed E-state index contributed by atoms with van der Waals surface area (Å²) in [5, 5.41) is 0.737. The van der Waals surface area contributed by atoms with Gasteiger partial charge in [-0.05, 0) is 30.9 Å². The third-order valence-electron chi connectivity index (χ3n) is 2.69. The first-order chi connectivity index (χ1) is 6.83. The number of imidazole rings is 1. The van der Waals surface area contributed by atoms with E-state index in [0.717, 1.165) is 34.2 Å². The summed E-state index contributed by atoms with van der Waals surface area (Å²) in [6.07, 6.45) is 3.78. The number of fused-ring (bicyclic) bond motifs is 1. The number of hydrogen-bond acceptors (Lipinski definition) is 1. The van der Waals surface area contributed by atoms with Crippen molar-refractivity contribution < 1.29 is 0 Å². The number of para-hydroxylation sites is 1. The van der Waals surface area contributed by atoms with E-state index in [1.807, 2.05) is 18.2 Å². The largest absolute Gasteiger partial charge is 0.342 e. The van der Waals surface area contributed by atoms with E-state index in [9.17, 15) is 0 Å². The molecule has 3 rings (SSSR count). The molecule has 1 fully saturated rings. The van der Waals surface area contributed by atoms with Crippen LogP contribution in [-0.4, -0.2) is 9.97 Å². The summed E-state index contributed by atoms with van der Waals surface area (Å²) in [7, 11) is 0. The average molecular weight is 207 g/mol. The Morgan fingerprint density at radius 3 is 3.00 bits per heavy atom. The lowest BCUT2D eigenvalue weighted by molar-refractivity contribution is 0.787. The summed E-state index contributed by atoms with van der Waals surface area (Å²) in [5.74, 6) is 1.94. The first-order valence-corrected chi connectivity index (χ1v) is 5.34. The van der Waals surface area contributed by atoms with Gasteiger partial charge < -0.3 is 4.98 Å². The second-order valence-electron chi connectivity index (χ2n) is 3.97. The zero-order valence-corrected chi connectivity index (χ0v) is 8.51. The third-order valence-corrected chi connectivity index (χ3v) is 3.00. The van der Waals surface area contributed by atoms with Gasteiger partial charge in [-0.25, -0.2) is 4.98 Å². The maximum atomic E-state index is 6.04. The van der Waals surface area contributed by atoms with E-state index in [0.29, 0.717) is 0 Å². The van der Waals surface area contributed by atoms with Crippen molar-refractivity contribution in [3.63, 3.8) is 0 Å². The molecule has 2 nitrogen and oxygen atoms in total. The normalized spacial score (nSPS) is 16.4. The second-order valence-corrected chi connectivity index (χ2v) is 4.37. The molecule has 0 radical (unpaired) electrons. The molecule has 1 aliphatic carbocycles. The fraction of sp³-hybridized carbons (Fsp3) is 0.364. The monoisotopic (exact) mass is 206 g/mol. The lowest BCUT2D eigenvalue weighted by atomic mass is 10.3. The number of nitrogens with zero attached hydrogens (tertiary/aromatic N) is 1. The minimum atomic E-state index is 0.737. The van der Waals surface area contributed by atoms with E-state index < -0.39 is 0 Å². The van der Waals surface area contributed by atoms with Crippen LogP contribution in [0, 0.1) is 5.92 Å². The summed E-state index contributed by atoms with van der Waals surface area (Å²) in [4.78, 5) is 7.82. The molecule has 1 N–H and O–H groups in total. The summed E-state index contributed by atoms with van der Waals surface area (Å²) in [6, 6.07) is 5.85. The molecule has 3 heteroatoms. The summed E-state index contributed by atoms with van der Waals surface area (Å²) in [6.45, 7) is 0. The summed E-state index contributed by atoms with van der Waals surface area (Å²) in [5.41, 5.74) is 1.96. The smallest absolute Gasteiger partial charge is 0.107 e. The van der Waals surface area contributed by atoms with E-state index in [4.69, 9.17) is 11.6 Å². The van der Waals surface area contributed by atoms with Gasteiger partial charge in [-0.3, -0.25) is 0 Å². The molecule has 1 aliphatic rings. The van der Waals surface area contributed by atoms with Gasteiger partial charge in [0.05, 0.1) is 10.5 Å². The zero-order valence-electron chi connectivity index (χ0n) is 7.76. The van der Waals surface area contributed by atoms with Crippen LogP contribution < -0.4 is 0 Å². The topological polar surface area (TPSA) is 28.7 Å². The number of aromatic amines is 1. The molecule has 14 heavy (non-hydrogen) atoms. The van der Waals surface area contributed by atoms with Crippen LogP contribution in [0.15, 0.2) is 18.2 Å². The van der Waals surface area contributed by atoms with Crippen molar-refractivity contribution in [3.05, 3.63) is 29.0 Å². The minimum Gasteiger partial charge on any atom is -0.342 e. The Hall–Kier alpha value is -1.02. The van der Waals surface area contributed by atoms with Gasteiger partial charge in [0.15, 0.2) is 0 Å². The predicted molar refractivity (Wildman–Crippen MR) is 57.5 cm³/mol. The first-order valence-electron chi connectivity index (χ1n) is 4.96. The molecule has 1 aromatic carbocycles. The molecule has 1 aromatic heterocycles. The van der Waals surface area contributed by atoms with Gasteiger partial charge in [-0.15, -0.1) is 0 Å². The van der Waals surface area contributed by atoms with Crippen molar-refractivity contribution >= 4 is 22.6 Å². The SMILES string of the molecule is Clc1cccc2[nH]c(CC3CC3)nc12. The lowest BCUT2D eigenvalue weighted by Gasteiger charge is -1.89. The van der Waals surface area contributed by atoms with Crippen LogP contribution in [0.1, 0.15) is 18.7 Å². The van der Waals surface area contributed by atoms with Crippen LogP contribution in [0.3, 0.4) is 0 Å². The molecule has 72 valence electrons. The third kappa shape index (κ3) is 1.40. The Labute approximate surface area is 87.3 Å². The van der Waals surface area contributed by atoms with Crippen molar-refractivity contribution in [2.45, 2.75) is 19.3 Å². The van der Waals surface area contributed by atoms with Crippen molar-refractivity contribution in [2.75, 3.05) is 0 Å². The molecule has 0 atom stereocenters. The lowest BCUT2D eigenvalue weighted by Crippen LogP contribution is -1.88. The molecule has 0 saturated heterocycles. The highest BCUT2D eigenvalue weighted by molar-refractivity contribution is 6.34. The van der Waals surface area contributed by atoms with Gasteiger partial charge in [-0.1, -0.05) is 17.7 Å². The molecule has 1 heterocycles. The van der Waals surface area contributed by atoms with Gasteiger partial charge in [0.25, 0.3) is 0 Å². The number of halogens is 1. The number of benzene rings is 1. The van der Waals surface area contributed by atoms with Gasteiger partial charge in [0.2, 0.25) is 0 Å². The fourth-order valence-electron chi connectivity index (χ4n) is 1.74. The Bertz CT molecular complexity index is 471. The molecule has 0 amide bonds. The minimum absolute atomic E-state index is 0.737. The highest BCUT2D eigenvalue weighted by Crippen LogP contribution is 2.32. The summed E-state index contributed by atoms with van der Waals surface area (Å²) < 4.78 is 0. The van der Waals surface area contributed by atoms with Crippen molar-refractivity contribution in [3.8, 4) is 0 Å². The molecule has 0 aliphatic heterocycles. The molecule has 0 bridgehead atoms. The number of rotatable bonds is 2. The number of H-pyrrole nitrogens is 1. The van der Waals surface area contributed by atoms with Gasteiger partial charge in [-0.2, -0.15) is 0 Å². The van der Waals surface area contributed by atoms with Crippen molar-refractivity contribution in [2.24, 2.45) is 5.92 Å². The quantitative estimate of drug-likeness (QED) is 0.804. The molecule has 1 saturated carbocycles. The predicted octanol–water partition coefficient (Wildman–Crippen LogP) is 3.17. The van der Waals surface area contributed by atoms with Crippen LogP contribution in [-0.2, 0) is 6.42 Å². The number of aromatic nitrogens is 2. The molecular formula is C11H11ClN2. The summed E-state index contributed by atoms with van der Waals surface area (Å²) >= 11 is 6.04. The highest BCUT2D eigenvalue weighted by Gasteiger charge is 2.23. The van der Waals surface area contributed by atoms with Gasteiger partial charge >= 0.3 is 0 Å². The van der Waals surface area contributed by atoms with Crippen LogP contribution >= 0.6 is 11.6 Å².